The molecule has 0 atom stereocenters. The minimum absolute atomic E-state index is 0.157. The van der Waals surface area contributed by atoms with Crippen LogP contribution in [0.25, 0.3) is 6.08 Å². The molecule has 3 heterocycles. The Morgan fingerprint density at radius 1 is 1.36 bits per heavy atom. The number of nitrogens with zero attached hydrogens (tertiary/aromatic N) is 5. The molecule has 132 valence electrons. The number of pyridine rings is 1. The zero-order valence-corrected chi connectivity index (χ0v) is 15.1. The van der Waals surface area contributed by atoms with E-state index in [9.17, 15) is 4.79 Å². The molecular formula is C17H21ClN6O. The van der Waals surface area contributed by atoms with Crippen LogP contribution < -0.4 is 10.2 Å². The Kier molecular flexibility index (Phi) is 4.94. The van der Waals surface area contributed by atoms with Gasteiger partial charge in [-0.05, 0) is 25.1 Å². The fourth-order valence-corrected chi connectivity index (χ4v) is 3.19. The molecule has 0 radical (unpaired) electrons. The van der Waals surface area contributed by atoms with Gasteiger partial charge in [-0.1, -0.05) is 18.2 Å². The van der Waals surface area contributed by atoms with Crippen molar-refractivity contribution in [1.29, 1.82) is 0 Å². The average molecular weight is 361 g/mol. The highest BCUT2D eigenvalue weighted by atomic mass is 35.5. The summed E-state index contributed by atoms with van der Waals surface area (Å²) >= 11 is 6.20. The summed E-state index contributed by atoms with van der Waals surface area (Å²) in [6, 6.07) is 3.47. The molecule has 7 nitrogen and oxygen atoms in total. The standard InChI is InChI=1S/C17H21ClN6O/c1-4-14-12(2)20-16(22(14)3)21-17(25)24-10-8-23(9-11-24)15-13(18)6-5-7-19-15/h4-7H,1,8-11H2,2-3H3,(H,20,21,25). The third-order valence-corrected chi connectivity index (χ3v) is 4.64. The van der Waals surface area contributed by atoms with Gasteiger partial charge < -0.3 is 14.4 Å². The lowest BCUT2D eigenvalue weighted by Gasteiger charge is -2.35. The third kappa shape index (κ3) is 3.46. The average Bonchev–Trinajstić information content (AvgIpc) is 2.88. The van der Waals surface area contributed by atoms with Crippen molar-refractivity contribution in [3.05, 3.63) is 41.3 Å². The molecule has 1 aliphatic rings. The second kappa shape index (κ2) is 7.14. The number of imidazole rings is 1. The number of urea groups is 1. The lowest BCUT2D eigenvalue weighted by Crippen LogP contribution is -2.50. The van der Waals surface area contributed by atoms with E-state index < -0.39 is 0 Å². The summed E-state index contributed by atoms with van der Waals surface area (Å²) in [5.74, 6) is 1.28. The normalized spacial score (nSPS) is 14.5. The highest BCUT2D eigenvalue weighted by Crippen LogP contribution is 2.23. The molecule has 2 aromatic rings. The number of aryl methyl sites for hydroxylation is 1. The molecule has 1 fully saturated rings. The zero-order valence-electron chi connectivity index (χ0n) is 14.4. The smallest absolute Gasteiger partial charge is 0.324 e. The maximum absolute atomic E-state index is 12.5. The minimum atomic E-state index is -0.157. The number of nitrogens with one attached hydrogen (secondary N) is 1. The first-order valence-electron chi connectivity index (χ1n) is 8.08. The van der Waals surface area contributed by atoms with Gasteiger partial charge in [-0.2, -0.15) is 0 Å². The van der Waals surface area contributed by atoms with Crippen LogP contribution >= 0.6 is 11.6 Å². The number of amides is 2. The number of carbonyl (C=O) groups excluding carboxylic acids is 1. The molecule has 0 aliphatic carbocycles. The van der Waals surface area contributed by atoms with Crippen LogP contribution in [0.2, 0.25) is 5.02 Å². The lowest BCUT2D eigenvalue weighted by molar-refractivity contribution is 0.208. The summed E-state index contributed by atoms with van der Waals surface area (Å²) < 4.78 is 1.82. The molecule has 1 aliphatic heterocycles. The molecule has 0 aromatic carbocycles. The van der Waals surface area contributed by atoms with Crippen LogP contribution in [0.4, 0.5) is 16.6 Å². The summed E-state index contributed by atoms with van der Waals surface area (Å²) in [7, 11) is 1.85. The van der Waals surface area contributed by atoms with E-state index in [0.29, 0.717) is 37.1 Å². The minimum Gasteiger partial charge on any atom is -0.352 e. The predicted molar refractivity (Wildman–Crippen MR) is 100 cm³/mol. The quantitative estimate of drug-likeness (QED) is 0.914. The van der Waals surface area contributed by atoms with E-state index in [2.05, 4.69) is 26.8 Å². The molecule has 0 saturated carbocycles. The van der Waals surface area contributed by atoms with E-state index in [1.807, 2.05) is 30.7 Å². The molecule has 0 spiro atoms. The van der Waals surface area contributed by atoms with E-state index >= 15 is 0 Å². The summed E-state index contributed by atoms with van der Waals surface area (Å²) in [5, 5.41) is 3.50. The first-order chi connectivity index (χ1) is 12.0. The number of aromatic nitrogens is 3. The van der Waals surface area contributed by atoms with Gasteiger partial charge in [0.15, 0.2) is 0 Å². The number of rotatable bonds is 3. The highest BCUT2D eigenvalue weighted by molar-refractivity contribution is 6.32. The van der Waals surface area contributed by atoms with Gasteiger partial charge in [0, 0.05) is 39.4 Å². The van der Waals surface area contributed by atoms with Gasteiger partial charge >= 0.3 is 6.03 Å². The predicted octanol–water partition coefficient (Wildman–Crippen LogP) is 2.77. The highest BCUT2D eigenvalue weighted by Gasteiger charge is 2.24. The van der Waals surface area contributed by atoms with Crippen molar-refractivity contribution in [3.8, 4) is 0 Å². The Labute approximate surface area is 151 Å². The molecule has 0 bridgehead atoms. The number of hydrogen-bond acceptors (Lipinski definition) is 4. The molecule has 2 amide bonds. The van der Waals surface area contributed by atoms with Gasteiger partial charge in [-0.3, -0.25) is 5.32 Å². The molecule has 1 saturated heterocycles. The van der Waals surface area contributed by atoms with E-state index in [-0.39, 0.29) is 6.03 Å². The Morgan fingerprint density at radius 2 is 2.08 bits per heavy atom. The van der Waals surface area contributed by atoms with E-state index in [4.69, 9.17) is 11.6 Å². The van der Waals surface area contributed by atoms with Crippen LogP contribution in [0.1, 0.15) is 11.4 Å². The van der Waals surface area contributed by atoms with Crippen molar-refractivity contribution < 1.29 is 4.79 Å². The first kappa shape index (κ1) is 17.3. The van der Waals surface area contributed by atoms with E-state index in [1.165, 1.54) is 0 Å². The van der Waals surface area contributed by atoms with Crippen LogP contribution in [-0.2, 0) is 7.05 Å². The van der Waals surface area contributed by atoms with Gasteiger partial charge in [-0.15, -0.1) is 0 Å². The zero-order chi connectivity index (χ0) is 18.0. The van der Waals surface area contributed by atoms with Crippen molar-refractivity contribution in [3.63, 3.8) is 0 Å². The van der Waals surface area contributed by atoms with E-state index in [1.54, 1.807) is 17.2 Å². The number of piperazine rings is 1. The van der Waals surface area contributed by atoms with Gasteiger partial charge in [0.25, 0.3) is 0 Å². The molecule has 0 unspecified atom stereocenters. The number of carbonyl (C=O) groups is 1. The molecule has 25 heavy (non-hydrogen) atoms. The monoisotopic (exact) mass is 360 g/mol. The lowest BCUT2D eigenvalue weighted by atomic mass is 10.3. The number of anilines is 2. The number of halogens is 1. The Morgan fingerprint density at radius 3 is 2.68 bits per heavy atom. The SMILES string of the molecule is C=Cc1c(C)nc(NC(=O)N2CCN(c3ncccc3Cl)CC2)n1C. The molecule has 2 aromatic heterocycles. The third-order valence-electron chi connectivity index (χ3n) is 4.34. The summed E-state index contributed by atoms with van der Waals surface area (Å²) in [4.78, 5) is 25.1. The van der Waals surface area contributed by atoms with E-state index in [0.717, 1.165) is 17.2 Å². The molecule has 3 rings (SSSR count). The topological polar surface area (TPSA) is 66.3 Å². The molecule has 1 N–H and O–H groups in total. The van der Waals surface area contributed by atoms with Gasteiger partial charge in [0.05, 0.1) is 16.4 Å². The van der Waals surface area contributed by atoms with Crippen molar-refractivity contribution >= 4 is 35.5 Å². The maximum Gasteiger partial charge on any atom is 0.324 e. The van der Waals surface area contributed by atoms with Crippen molar-refractivity contribution in [1.82, 2.24) is 19.4 Å². The van der Waals surface area contributed by atoms with Gasteiger partial charge in [0.1, 0.15) is 5.82 Å². The Hall–Kier alpha value is -2.54. The van der Waals surface area contributed by atoms with Gasteiger partial charge in [-0.25, -0.2) is 14.8 Å². The maximum atomic E-state index is 12.5. The number of hydrogen-bond donors (Lipinski definition) is 1. The van der Waals surface area contributed by atoms with Gasteiger partial charge in [0.2, 0.25) is 5.95 Å². The second-order valence-corrected chi connectivity index (χ2v) is 6.29. The molecular weight excluding hydrogens is 340 g/mol. The Balaban J connectivity index is 1.62. The summed E-state index contributed by atoms with van der Waals surface area (Å²) in [6.07, 6.45) is 3.45. The first-order valence-corrected chi connectivity index (χ1v) is 8.46. The fourth-order valence-electron chi connectivity index (χ4n) is 2.95. The largest absolute Gasteiger partial charge is 0.352 e. The van der Waals surface area contributed by atoms with Crippen LogP contribution in [0.3, 0.4) is 0 Å². The summed E-state index contributed by atoms with van der Waals surface area (Å²) in [6.45, 7) is 8.22. The van der Waals surface area contributed by atoms with Crippen LogP contribution in [-0.4, -0.2) is 51.6 Å². The van der Waals surface area contributed by atoms with Crippen LogP contribution in [0.15, 0.2) is 24.9 Å². The van der Waals surface area contributed by atoms with Crippen LogP contribution in [0, 0.1) is 6.92 Å². The van der Waals surface area contributed by atoms with Crippen molar-refractivity contribution in [2.75, 3.05) is 36.4 Å². The second-order valence-electron chi connectivity index (χ2n) is 5.88. The fraction of sp³-hybridized carbons (Fsp3) is 0.353. The molecule has 8 heteroatoms. The van der Waals surface area contributed by atoms with Crippen LogP contribution in [0.5, 0.6) is 0 Å². The summed E-state index contributed by atoms with van der Waals surface area (Å²) in [5.41, 5.74) is 1.73. The van der Waals surface area contributed by atoms with Crippen molar-refractivity contribution in [2.24, 2.45) is 7.05 Å². The Bertz CT molecular complexity index is 794. The van der Waals surface area contributed by atoms with Crippen molar-refractivity contribution in [2.45, 2.75) is 6.92 Å².